The predicted octanol–water partition coefficient (Wildman–Crippen LogP) is 3.97. The zero-order valence-corrected chi connectivity index (χ0v) is 24.4. The molecule has 3 saturated heterocycles. The molecule has 3 N–H and O–H groups in total. The molecule has 2 aromatic carbocycles. The Bertz CT molecular complexity index is 1310. The SMILES string of the molecule is CCOc1ccc(NC(=O)[C@@H]2[C@H]3C(=O)N([C@H](CO)c4ccccc4)C(C(=O)NC4CCCCC4)C34CC[C@@]2(C)O4)cc1. The summed E-state index contributed by atoms with van der Waals surface area (Å²) in [5, 5.41) is 16.9. The van der Waals surface area contributed by atoms with Crippen LogP contribution in [0.3, 0.4) is 0 Å². The Morgan fingerprint density at radius 3 is 2.43 bits per heavy atom. The molecule has 4 aliphatic rings. The predicted molar refractivity (Wildman–Crippen MR) is 157 cm³/mol. The monoisotopic (exact) mass is 575 g/mol. The van der Waals surface area contributed by atoms with Crippen molar-refractivity contribution in [3.63, 3.8) is 0 Å². The van der Waals surface area contributed by atoms with E-state index in [2.05, 4.69) is 10.6 Å². The minimum absolute atomic E-state index is 0.0379. The maximum Gasteiger partial charge on any atom is 0.246 e. The van der Waals surface area contributed by atoms with Gasteiger partial charge >= 0.3 is 0 Å². The second kappa shape index (κ2) is 11.3. The van der Waals surface area contributed by atoms with Crippen molar-refractivity contribution in [1.82, 2.24) is 10.2 Å². The van der Waals surface area contributed by atoms with Gasteiger partial charge in [0.05, 0.1) is 36.7 Å². The van der Waals surface area contributed by atoms with Crippen LogP contribution in [0.15, 0.2) is 54.6 Å². The summed E-state index contributed by atoms with van der Waals surface area (Å²) in [5.41, 5.74) is -0.730. The van der Waals surface area contributed by atoms with Crippen LogP contribution in [-0.2, 0) is 19.1 Å². The average Bonchev–Trinajstić information content (AvgIpc) is 3.56. The number of benzene rings is 2. The lowest BCUT2D eigenvalue weighted by molar-refractivity contribution is -0.149. The third-order valence-corrected chi connectivity index (χ3v) is 9.82. The van der Waals surface area contributed by atoms with Gasteiger partial charge in [-0.3, -0.25) is 14.4 Å². The molecule has 3 amide bonds. The molecular weight excluding hydrogens is 534 g/mol. The van der Waals surface area contributed by atoms with E-state index < -0.39 is 35.1 Å². The summed E-state index contributed by atoms with van der Waals surface area (Å²) in [5.74, 6) is -1.83. The third-order valence-electron chi connectivity index (χ3n) is 9.82. The van der Waals surface area contributed by atoms with E-state index in [1.165, 1.54) is 4.90 Å². The fourth-order valence-corrected chi connectivity index (χ4v) is 7.98. The number of aliphatic hydroxyl groups excluding tert-OH is 1. The number of ether oxygens (including phenoxy) is 2. The largest absolute Gasteiger partial charge is 0.494 e. The lowest BCUT2D eigenvalue weighted by Gasteiger charge is -2.38. The van der Waals surface area contributed by atoms with Gasteiger partial charge in [-0.15, -0.1) is 0 Å². The molecule has 3 aliphatic heterocycles. The number of nitrogens with zero attached hydrogens (tertiary/aromatic N) is 1. The quantitative estimate of drug-likeness (QED) is 0.417. The molecule has 2 aromatic rings. The molecular formula is C33H41N3O6. The normalized spacial score (nSPS) is 31.1. The number of hydrogen-bond acceptors (Lipinski definition) is 6. The van der Waals surface area contributed by atoms with Gasteiger partial charge in [0, 0.05) is 11.7 Å². The zero-order valence-electron chi connectivity index (χ0n) is 24.4. The van der Waals surface area contributed by atoms with E-state index in [1.54, 1.807) is 24.3 Å². The zero-order chi connectivity index (χ0) is 29.5. The maximum absolute atomic E-state index is 14.5. The van der Waals surface area contributed by atoms with Crippen molar-refractivity contribution in [2.24, 2.45) is 11.8 Å². The number of carbonyl (C=O) groups is 3. The summed E-state index contributed by atoms with van der Waals surface area (Å²) < 4.78 is 12.3. The van der Waals surface area contributed by atoms with Crippen LogP contribution in [0.5, 0.6) is 5.75 Å². The molecule has 1 aliphatic carbocycles. The minimum atomic E-state index is -1.16. The Hall–Kier alpha value is -3.43. The van der Waals surface area contributed by atoms with Gasteiger partial charge in [0.25, 0.3) is 0 Å². The number of aliphatic hydroxyl groups is 1. The number of nitrogens with one attached hydrogen (secondary N) is 2. The summed E-state index contributed by atoms with van der Waals surface area (Å²) in [6.07, 6.45) is 6.09. The molecule has 2 bridgehead atoms. The van der Waals surface area contributed by atoms with Gasteiger partial charge < -0.3 is 30.1 Å². The Labute approximate surface area is 246 Å². The molecule has 224 valence electrons. The highest BCUT2D eigenvalue weighted by Crippen LogP contribution is 2.64. The number of amides is 3. The standard InChI is InChI=1S/C33H41N3O6/c1-3-41-24-16-14-23(15-17-24)34-29(38)26-27-31(40)36(25(20-37)21-10-6-4-7-11-21)28(33(27)19-18-32(26,2)42-33)30(39)35-22-12-8-5-9-13-22/h4,6-7,10-11,14-17,22,25-28,37H,3,5,8-9,12-13,18-20H2,1-2H3,(H,34,38)(H,35,39)/t25-,26+,27+,28?,32-,33?/m1/s1. The molecule has 0 aromatic heterocycles. The van der Waals surface area contributed by atoms with Gasteiger partial charge in [0.1, 0.15) is 17.4 Å². The fraction of sp³-hybridized carbons (Fsp3) is 0.545. The number of carbonyl (C=O) groups excluding carboxylic acids is 3. The molecule has 1 saturated carbocycles. The van der Waals surface area contributed by atoms with Gasteiger partial charge in [0.2, 0.25) is 17.7 Å². The van der Waals surface area contributed by atoms with E-state index in [0.717, 1.165) is 37.7 Å². The van der Waals surface area contributed by atoms with Gasteiger partial charge in [-0.2, -0.15) is 0 Å². The summed E-state index contributed by atoms with van der Waals surface area (Å²) in [6, 6.07) is 14.7. The maximum atomic E-state index is 14.5. The van der Waals surface area contributed by atoms with E-state index in [4.69, 9.17) is 9.47 Å². The highest BCUT2D eigenvalue weighted by molar-refractivity contribution is 6.02. The van der Waals surface area contributed by atoms with Gasteiger partial charge in [-0.1, -0.05) is 49.6 Å². The van der Waals surface area contributed by atoms with E-state index >= 15 is 0 Å². The summed E-state index contributed by atoms with van der Waals surface area (Å²) >= 11 is 0. The second-order valence-corrected chi connectivity index (χ2v) is 12.4. The van der Waals surface area contributed by atoms with E-state index in [0.29, 0.717) is 30.9 Å². The highest BCUT2D eigenvalue weighted by Gasteiger charge is 2.78. The first-order chi connectivity index (χ1) is 20.3. The third kappa shape index (κ3) is 4.76. The molecule has 2 unspecified atom stereocenters. The van der Waals surface area contributed by atoms with Crippen molar-refractivity contribution in [2.75, 3.05) is 18.5 Å². The van der Waals surface area contributed by atoms with E-state index in [-0.39, 0.29) is 30.4 Å². The topological polar surface area (TPSA) is 117 Å². The number of likely N-dealkylation sites (tertiary alicyclic amines) is 1. The average molecular weight is 576 g/mol. The second-order valence-electron chi connectivity index (χ2n) is 12.4. The Kier molecular flexibility index (Phi) is 7.74. The van der Waals surface area contributed by atoms with Crippen LogP contribution in [0.4, 0.5) is 5.69 Å². The summed E-state index contributed by atoms with van der Waals surface area (Å²) in [6.45, 7) is 3.98. The number of hydrogen-bond donors (Lipinski definition) is 3. The molecule has 9 nitrogen and oxygen atoms in total. The Morgan fingerprint density at radius 1 is 1.05 bits per heavy atom. The van der Waals surface area contributed by atoms with Crippen LogP contribution in [-0.4, -0.2) is 64.2 Å². The van der Waals surface area contributed by atoms with Crippen molar-refractivity contribution >= 4 is 23.4 Å². The van der Waals surface area contributed by atoms with Crippen molar-refractivity contribution in [3.8, 4) is 5.75 Å². The van der Waals surface area contributed by atoms with Crippen molar-refractivity contribution in [2.45, 2.75) is 88.1 Å². The highest BCUT2D eigenvalue weighted by atomic mass is 16.5. The number of rotatable bonds is 9. The minimum Gasteiger partial charge on any atom is -0.494 e. The smallest absolute Gasteiger partial charge is 0.246 e. The Balaban J connectivity index is 1.35. The molecule has 6 rings (SSSR count). The summed E-state index contributed by atoms with van der Waals surface area (Å²) in [7, 11) is 0. The molecule has 6 atom stereocenters. The molecule has 9 heteroatoms. The van der Waals surface area contributed by atoms with Crippen LogP contribution in [0.2, 0.25) is 0 Å². The number of fused-ring (bicyclic) bond motifs is 1. The summed E-state index contributed by atoms with van der Waals surface area (Å²) in [4.78, 5) is 44.3. The Morgan fingerprint density at radius 2 is 1.76 bits per heavy atom. The van der Waals surface area contributed by atoms with Crippen LogP contribution in [0, 0.1) is 11.8 Å². The first-order valence-electron chi connectivity index (χ1n) is 15.3. The van der Waals surface area contributed by atoms with Gasteiger partial charge in [-0.25, -0.2) is 0 Å². The van der Waals surface area contributed by atoms with Crippen molar-refractivity contribution < 1.29 is 29.0 Å². The lowest BCUT2D eigenvalue weighted by Crippen LogP contribution is -2.57. The molecule has 4 fully saturated rings. The van der Waals surface area contributed by atoms with Crippen LogP contribution in [0.25, 0.3) is 0 Å². The van der Waals surface area contributed by atoms with Gasteiger partial charge in [0.15, 0.2) is 0 Å². The van der Waals surface area contributed by atoms with Crippen LogP contribution >= 0.6 is 0 Å². The van der Waals surface area contributed by atoms with Crippen molar-refractivity contribution in [3.05, 3.63) is 60.2 Å². The number of anilines is 1. The van der Waals surface area contributed by atoms with Crippen LogP contribution < -0.4 is 15.4 Å². The molecule has 0 radical (unpaired) electrons. The van der Waals surface area contributed by atoms with E-state index in [1.807, 2.05) is 44.2 Å². The molecule has 3 heterocycles. The fourth-order valence-electron chi connectivity index (χ4n) is 7.98. The van der Waals surface area contributed by atoms with Gasteiger partial charge in [-0.05, 0) is 69.4 Å². The lowest BCUT2D eigenvalue weighted by atomic mass is 9.66. The van der Waals surface area contributed by atoms with Crippen LogP contribution in [0.1, 0.15) is 70.4 Å². The van der Waals surface area contributed by atoms with E-state index in [9.17, 15) is 19.5 Å². The first-order valence-corrected chi connectivity index (χ1v) is 15.3. The first kappa shape index (κ1) is 28.7. The molecule has 1 spiro atoms. The van der Waals surface area contributed by atoms with Crippen molar-refractivity contribution in [1.29, 1.82) is 0 Å². The molecule has 42 heavy (non-hydrogen) atoms.